The quantitative estimate of drug-likeness (QED) is 0.626. The Balaban J connectivity index is 1.39. The van der Waals surface area contributed by atoms with Crippen LogP contribution in [0.1, 0.15) is 5.56 Å². The average Bonchev–Trinajstić information content (AvgIpc) is 2.72. The highest BCUT2D eigenvalue weighted by molar-refractivity contribution is 6.30. The number of halogens is 4. The number of rotatable bonds is 7. The normalized spacial score (nSPS) is 15.2. The van der Waals surface area contributed by atoms with Crippen molar-refractivity contribution >= 4 is 34.8 Å². The van der Waals surface area contributed by atoms with Gasteiger partial charge in [0.2, 0.25) is 11.8 Å². The molecule has 178 valence electrons. The van der Waals surface area contributed by atoms with Crippen LogP contribution in [-0.2, 0) is 9.59 Å². The van der Waals surface area contributed by atoms with Gasteiger partial charge in [0.25, 0.3) is 0 Å². The van der Waals surface area contributed by atoms with Crippen molar-refractivity contribution in [2.75, 3.05) is 49.9 Å². The number of benzene rings is 2. The van der Waals surface area contributed by atoms with Crippen LogP contribution in [0.4, 0.5) is 24.5 Å². The molecule has 0 aromatic heterocycles. The minimum absolute atomic E-state index is 0.121. The summed E-state index contributed by atoms with van der Waals surface area (Å²) in [5.74, 6) is -0.750. The van der Waals surface area contributed by atoms with Gasteiger partial charge in [0, 0.05) is 42.6 Å². The minimum Gasteiger partial charge on any atom is -0.406 e. The number of hydrogen-bond donors (Lipinski definition) is 2. The highest BCUT2D eigenvalue weighted by Crippen LogP contribution is 2.24. The molecule has 0 bridgehead atoms. The summed E-state index contributed by atoms with van der Waals surface area (Å²) in [6.07, 6.45) is -4.76. The molecule has 1 aliphatic rings. The number of amides is 2. The van der Waals surface area contributed by atoms with Crippen molar-refractivity contribution in [1.29, 1.82) is 0 Å². The van der Waals surface area contributed by atoms with E-state index in [1.807, 2.05) is 16.7 Å². The molecular weight excluding hydrogens is 461 g/mol. The van der Waals surface area contributed by atoms with Crippen molar-refractivity contribution in [3.8, 4) is 5.75 Å². The number of carbonyl (C=O) groups excluding carboxylic acids is 2. The second kappa shape index (κ2) is 10.9. The SMILES string of the molecule is Cc1cc(Cl)ccc1NC(=O)CN1CCN(CC(=O)Nc2ccc(OC(F)(F)F)cc2)CC1. The molecule has 0 saturated carbocycles. The van der Waals surface area contributed by atoms with Gasteiger partial charge in [0.05, 0.1) is 13.1 Å². The number of ether oxygens (including phenoxy) is 1. The Morgan fingerprint density at radius 3 is 2.00 bits per heavy atom. The molecule has 2 aromatic rings. The molecule has 2 amide bonds. The Morgan fingerprint density at radius 1 is 0.939 bits per heavy atom. The number of nitrogens with one attached hydrogen (secondary N) is 2. The number of anilines is 2. The van der Waals surface area contributed by atoms with Gasteiger partial charge in [0.1, 0.15) is 5.75 Å². The second-order valence-corrected chi connectivity index (χ2v) is 8.12. The van der Waals surface area contributed by atoms with Gasteiger partial charge in [-0.25, -0.2) is 0 Å². The van der Waals surface area contributed by atoms with Crippen molar-refractivity contribution in [2.45, 2.75) is 13.3 Å². The topological polar surface area (TPSA) is 73.9 Å². The molecule has 2 aromatic carbocycles. The van der Waals surface area contributed by atoms with E-state index in [4.69, 9.17) is 11.6 Å². The molecule has 0 unspecified atom stereocenters. The monoisotopic (exact) mass is 484 g/mol. The number of aryl methyl sites for hydroxylation is 1. The van der Waals surface area contributed by atoms with Crippen LogP contribution in [0.5, 0.6) is 5.75 Å². The maximum absolute atomic E-state index is 12.3. The Labute approximate surface area is 194 Å². The molecule has 1 saturated heterocycles. The summed E-state index contributed by atoms with van der Waals surface area (Å²) in [5, 5.41) is 6.15. The maximum Gasteiger partial charge on any atom is 0.573 e. The Bertz CT molecular complexity index is 978. The maximum atomic E-state index is 12.3. The molecule has 3 rings (SSSR count). The Morgan fingerprint density at radius 2 is 1.48 bits per heavy atom. The van der Waals surface area contributed by atoms with Crippen LogP contribution in [-0.4, -0.2) is 67.2 Å². The molecule has 0 spiro atoms. The van der Waals surface area contributed by atoms with Crippen LogP contribution >= 0.6 is 11.6 Å². The molecule has 7 nitrogen and oxygen atoms in total. The first-order chi connectivity index (χ1) is 15.6. The van der Waals surface area contributed by atoms with E-state index < -0.39 is 6.36 Å². The second-order valence-electron chi connectivity index (χ2n) is 7.68. The lowest BCUT2D eigenvalue weighted by Gasteiger charge is -2.33. The van der Waals surface area contributed by atoms with E-state index in [2.05, 4.69) is 15.4 Å². The largest absolute Gasteiger partial charge is 0.573 e. The molecule has 33 heavy (non-hydrogen) atoms. The molecule has 0 aliphatic carbocycles. The number of alkyl halides is 3. The predicted molar refractivity (Wildman–Crippen MR) is 119 cm³/mol. The van der Waals surface area contributed by atoms with Gasteiger partial charge in [-0.3, -0.25) is 19.4 Å². The zero-order valence-corrected chi connectivity index (χ0v) is 18.7. The summed E-state index contributed by atoms with van der Waals surface area (Å²) in [6, 6.07) is 10.2. The first kappa shape index (κ1) is 24.8. The van der Waals surface area contributed by atoms with Gasteiger partial charge >= 0.3 is 6.36 Å². The van der Waals surface area contributed by atoms with Crippen molar-refractivity contribution in [3.05, 3.63) is 53.1 Å². The fraction of sp³-hybridized carbons (Fsp3) is 0.364. The van der Waals surface area contributed by atoms with Gasteiger partial charge in [-0.1, -0.05) is 11.6 Å². The van der Waals surface area contributed by atoms with E-state index in [-0.39, 0.29) is 30.7 Å². The fourth-order valence-electron chi connectivity index (χ4n) is 3.41. The van der Waals surface area contributed by atoms with E-state index in [1.165, 1.54) is 12.1 Å². The molecule has 0 atom stereocenters. The van der Waals surface area contributed by atoms with E-state index in [0.717, 1.165) is 23.4 Å². The van der Waals surface area contributed by atoms with Crippen molar-refractivity contribution in [1.82, 2.24) is 9.80 Å². The van der Waals surface area contributed by atoms with Crippen LogP contribution in [0, 0.1) is 6.92 Å². The predicted octanol–water partition coefficient (Wildman–Crippen LogP) is 3.74. The third-order valence-corrected chi connectivity index (χ3v) is 5.27. The molecular formula is C22H24ClF3N4O3. The van der Waals surface area contributed by atoms with Gasteiger partial charge in [-0.15, -0.1) is 13.2 Å². The van der Waals surface area contributed by atoms with E-state index in [1.54, 1.807) is 18.2 Å². The molecule has 1 heterocycles. The average molecular weight is 485 g/mol. The third-order valence-electron chi connectivity index (χ3n) is 5.03. The highest BCUT2D eigenvalue weighted by Gasteiger charge is 2.31. The number of nitrogens with zero attached hydrogens (tertiary/aromatic N) is 2. The van der Waals surface area contributed by atoms with Crippen LogP contribution in [0.3, 0.4) is 0 Å². The molecule has 1 fully saturated rings. The summed E-state index contributed by atoms with van der Waals surface area (Å²) >= 11 is 5.93. The first-order valence-electron chi connectivity index (χ1n) is 10.2. The van der Waals surface area contributed by atoms with Gasteiger partial charge < -0.3 is 15.4 Å². The Kier molecular flexibility index (Phi) is 8.17. The van der Waals surface area contributed by atoms with Crippen molar-refractivity contribution in [2.24, 2.45) is 0 Å². The van der Waals surface area contributed by atoms with Gasteiger partial charge in [-0.2, -0.15) is 0 Å². The standard InChI is InChI=1S/C22H24ClF3N4O3/c1-15-12-16(23)2-7-19(15)28-21(32)14-30-10-8-29(9-11-30)13-20(31)27-17-3-5-18(6-4-17)33-22(24,25)26/h2-7,12H,8-11,13-14H2,1H3,(H,27,31)(H,28,32). The molecule has 2 N–H and O–H groups in total. The van der Waals surface area contributed by atoms with E-state index in [0.29, 0.717) is 36.9 Å². The zero-order chi connectivity index (χ0) is 24.0. The van der Waals surface area contributed by atoms with E-state index in [9.17, 15) is 22.8 Å². The number of piperazine rings is 1. The summed E-state index contributed by atoms with van der Waals surface area (Å²) < 4.78 is 40.4. The summed E-state index contributed by atoms with van der Waals surface area (Å²) in [5.41, 5.74) is 1.98. The summed E-state index contributed by atoms with van der Waals surface area (Å²) in [4.78, 5) is 28.6. The lowest BCUT2D eigenvalue weighted by atomic mass is 10.2. The third kappa shape index (κ3) is 8.23. The Hall–Kier alpha value is -2.82. The van der Waals surface area contributed by atoms with Crippen molar-refractivity contribution in [3.63, 3.8) is 0 Å². The molecule has 11 heteroatoms. The lowest BCUT2D eigenvalue weighted by Crippen LogP contribution is -2.50. The van der Waals surface area contributed by atoms with E-state index >= 15 is 0 Å². The van der Waals surface area contributed by atoms with Crippen LogP contribution in [0.25, 0.3) is 0 Å². The van der Waals surface area contributed by atoms with Crippen LogP contribution in [0.2, 0.25) is 5.02 Å². The van der Waals surface area contributed by atoms with Gasteiger partial charge in [-0.05, 0) is 55.0 Å². The molecule has 0 radical (unpaired) electrons. The minimum atomic E-state index is -4.76. The first-order valence-corrected chi connectivity index (χ1v) is 10.6. The molecule has 1 aliphatic heterocycles. The highest BCUT2D eigenvalue weighted by atomic mass is 35.5. The summed E-state index contributed by atoms with van der Waals surface area (Å²) in [7, 11) is 0. The zero-order valence-electron chi connectivity index (χ0n) is 17.9. The van der Waals surface area contributed by atoms with Crippen LogP contribution in [0.15, 0.2) is 42.5 Å². The van der Waals surface area contributed by atoms with Crippen LogP contribution < -0.4 is 15.4 Å². The van der Waals surface area contributed by atoms with Crippen molar-refractivity contribution < 1.29 is 27.5 Å². The summed E-state index contributed by atoms with van der Waals surface area (Å²) in [6.45, 7) is 4.74. The fourth-order valence-corrected chi connectivity index (χ4v) is 3.64. The number of hydrogen-bond acceptors (Lipinski definition) is 5. The smallest absolute Gasteiger partial charge is 0.406 e. The lowest BCUT2D eigenvalue weighted by molar-refractivity contribution is -0.274. The van der Waals surface area contributed by atoms with Gasteiger partial charge in [0.15, 0.2) is 0 Å². The number of carbonyl (C=O) groups is 2.